The molecule has 0 aliphatic carbocycles. The van der Waals surface area contributed by atoms with Crippen molar-refractivity contribution in [2.45, 2.75) is 12.5 Å². The van der Waals surface area contributed by atoms with E-state index in [1.807, 2.05) is 0 Å². The Kier molecular flexibility index (Phi) is 4.21. The van der Waals surface area contributed by atoms with E-state index in [0.29, 0.717) is 10.3 Å². The fraction of sp³-hybridized carbons (Fsp3) is 0.375. The molecule has 1 rings (SSSR count). The van der Waals surface area contributed by atoms with Crippen molar-refractivity contribution in [3.63, 3.8) is 0 Å². The second-order valence-electron chi connectivity index (χ2n) is 2.62. The highest BCUT2D eigenvalue weighted by Gasteiger charge is 2.16. The Bertz CT molecular complexity index is 298. The molecule has 0 aliphatic heterocycles. The summed E-state index contributed by atoms with van der Waals surface area (Å²) in [5.41, 5.74) is 0. The smallest absolute Gasteiger partial charge is 0.265 e. The van der Waals surface area contributed by atoms with Crippen molar-refractivity contribution in [3.05, 3.63) is 22.8 Å². The number of pyridine rings is 1. The molecule has 14 heavy (non-hydrogen) atoms. The molecule has 3 nitrogen and oxygen atoms in total. The van der Waals surface area contributed by atoms with E-state index in [1.165, 1.54) is 6.20 Å². The number of hydrogen-bond donors (Lipinski definition) is 2. The van der Waals surface area contributed by atoms with Crippen molar-refractivity contribution in [2.75, 3.05) is 11.9 Å². The van der Waals surface area contributed by atoms with Crippen molar-refractivity contribution < 1.29 is 13.9 Å². The summed E-state index contributed by atoms with van der Waals surface area (Å²) in [6.45, 7) is -0.229. The summed E-state index contributed by atoms with van der Waals surface area (Å²) in [6.07, 6.45) is -2.89. The van der Waals surface area contributed by atoms with Gasteiger partial charge in [-0.05, 0) is 28.1 Å². The van der Waals surface area contributed by atoms with Gasteiger partial charge in [-0.1, -0.05) is 0 Å². The second-order valence-corrected chi connectivity index (χ2v) is 3.47. The molecule has 0 aromatic carbocycles. The van der Waals surface area contributed by atoms with Crippen molar-refractivity contribution in [1.82, 2.24) is 4.98 Å². The SMILES string of the molecule is OC(CNc1ncccc1Br)C(F)F. The van der Waals surface area contributed by atoms with Crippen molar-refractivity contribution in [3.8, 4) is 0 Å². The Morgan fingerprint density at radius 1 is 1.57 bits per heavy atom. The minimum Gasteiger partial charge on any atom is -0.385 e. The molecule has 1 aromatic rings. The molecule has 0 amide bonds. The van der Waals surface area contributed by atoms with Gasteiger partial charge in [-0.25, -0.2) is 13.8 Å². The molecule has 0 fully saturated rings. The largest absolute Gasteiger partial charge is 0.385 e. The minimum atomic E-state index is -2.75. The molecular weight excluding hydrogens is 258 g/mol. The predicted molar refractivity (Wildman–Crippen MR) is 52.4 cm³/mol. The highest BCUT2D eigenvalue weighted by atomic mass is 79.9. The van der Waals surface area contributed by atoms with Crippen LogP contribution in [-0.2, 0) is 0 Å². The molecule has 0 aliphatic rings. The third-order valence-corrected chi connectivity index (χ3v) is 2.17. The number of alkyl halides is 2. The topological polar surface area (TPSA) is 45.1 Å². The molecule has 0 saturated carbocycles. The van der Waals surface area contributed by atoms with Gasteiger partial charge in [0.25, 0.3) is 6.43 Å². The van der Waals surface area contributed by atoms with E-state index in [0.717, 1.165) is 0 Å². The fourth-order valence-electron chi connectivity index (χ4n) is 0.806. The molecule has 0 saturated heterocycles. The lowest BCUT2D eigenvalue weighted by atomic mass is 10.3. The number of aliphatic hydroxyl groups excluding tert-OH is 1. The zero-order chi connectivity index (χ0) is 10.6. The average molecular weight is 267 g/mol. The highest BCUT2D eigenvalue weighted by molar-refractivity contribution is 9.10. The molecular formula is C8H9BrF2N2O. The van der Waals surface area contributed by atoms with Gasteiger partial charge in [0, 0.05) is 12.7 Å². The molecule has 1 aromatic heterocycles. The number of rotatable bonds is 4. The van der Waals surface area contributed by atoms with Crippen LogP contribution in [-0.4, -0.2) is 29.2 Å². The van der Waals surface area contributed by atoms with Gasteiger partial charge in [0.05, 0.1) is 4.47 Å². The number of nitrogens with one attached hydrogen (secondary N) is 1. The van der Waals surface area contributed by atoms with Crippen LogP contribution in [0.4, 0.5) is 14.6 Å². The summed E-state index contributed by atoms with van der Waals surface area (Å²) in [5, 5.41) is 11.4. The van der Waals surface area contributed by atoms with Gasteiger partial charge in [-0.15, -0.1) is 0 Å². The van der Waals surface area contributed by atoms with E-state index >= 15 is 0 Å². The van der Waals surface area contributed by atoms with E-state index in [4.69, 9.17) is 5.11 Å². The van der Waals surface area contributed by atoms with Gasteiger partial charge in [0.1, 0.15) is 11.9 Å². The third kappa shape index (κ3) is 3.19. The van der Waals surface area contributed by atoms with Crippen molar-refractivity contribution in [1.29, 1.82) is 0 Å². The summed E-state index contributed by atoms with van der Waals surface area (Å²) >= 11 is 3.19. The maximum Gasteiger partial charge on any atom is 0.265 e. The maximum atomic E-state index is 11.9. The van der Waals surface area contributed by atoms with E-state index in [1.54, 1.807) is 12.1 Å². The normalized spacial score (nSPS) is 12.9. The van der Waals surface area contributed by atoms with Crippen LogP contribution in [0, 0.1) is 0 Å². The fourth-order valence-corrected chi connectivity index (χ4v) is 1.20. The van der Waals surface area contributed by atoms with E-state index < -0.39 is 12.5 Å². The van der Waals surface area contributed by atoms with Gasteiger partial charge in [-0.3, -0.25) is 0 Å². The summed E-state index contributed by atoms with van der Waals surface area (Å²) in [4.78, 5) is 3.90. The van der Waals surface area contributed by atoms with Gasteiger partial charge in [0.2, 0.25) is 0 Å². The first-order chi connectivity index (χ1) is 6.61. The number of hydrogen-bond acceptors (Lipinski definition) is 3. The Morgan fingerprint density at radius 3 is 2.86 bits per heavy atom. The van der Waals surface area contributed by atoms with Gasteiger partial charge in [0.15, 0.2) is 0 Å². The van der Waals surface area contributed by atoms with E-state index in [-0.39, 0.29) is 6.54 Å². The number of aliphatic hydroxyl groups is 1. The molecule has 6 heteroatoms. The zero-order valence-corrected chi connectivity index (χ0v) is 8.71. The number of anilines is 1. The molecule has 0 bridgehead atoms. The Morgan fingerprint density at radius 2 is 2.29 bits per heavy atom. The van der Waals surface area contributed by atoms with Crippen LogP contribution in [0.3, 0.4) is 0 Å². The molecule has 78 valence electrons. The number of nitrogens with zero attached hydrogens (tertiary/aromatic N) is 1. The first-order valence-electron chi connectivity index (χ1n) is 3.92. The minimum absolute atomic E-state index is 0.229. The van der Waals surface area contributed by atoms with Crippen LogP contribution in [0.25, 0.3) is 0 Å². The quantitative estimate of drug-likeness (QED) is 0.875. The summed E-state index contributed by atoms with van der Waals surface area (Å²) in [6, 6.07) is 3.43. The first kappa shape index (κ1) is 11.3. The molecule has 2 N–H and O–H groups in total. The molecule has 0 spiro atoms. The van der Waals surface area contributed by atoms with Crippen molar-refractivity contribution in [2.24, 2.45) is 0 Å². The molecule has 1 atom stereocenters. The lowest BCUT2D eigenvalue weighted by Gasteiger charge is -2.11. The lowest BCUT2D eigenvalue weighted by Crippen LogP contribution is -2.27. The Labute approximate surface area is 88.3 Å². The molecule has 0 radical (unpaired) electrons. The van der Waals surface area contributed by atoms with Gasteiger partial charge >= 0.3 is 0 Å². The third-order valence-electron chi connectivity index (χ3n) is 1.53. The van der Waals surface area contributed by atoms with Crippen LogP contribution in [0.15, 0.2) is 22.8 Å². The zero-order valence-electron chi connectivity index (χ0n) is 7.12. The van der Waals surface area contributed by atoms with Crippen LogP contribution >= 0.6 is 15.9 Å². The summed E-state index contributed by atoms with van der Waals surface area (Å²) in [5.74, 6) is 0.437. The van der Waals surface area contributed by atoms with Crippen LogP contribution in [0.2, 0.25) is 0 Å². The highest BCUT2D eigenvalue weighted by Crippen LogP contribution is 2.18. The first-order valence-corrected chi connectivity index (χ1v) is 4.71. The van der Waals surface area contributed by atoms with Crippen LogP contribution in [0.5, 0.6) is 0 Å². The van der Waals surface area contributed by atoms with Gasteiger partial charge < -0.3 is 10.4 Å². The lowest BCUT2D eigenvalue weighted by molar-refractivity contribution is 0.00380. The maximum absolute atomic E-state index is 11.9. The predicted octanol–water partition coefficient (Wildman–Crippen LogP) is 1.88. The standard InChI is InChI=1S/C8H9BrF2N2O/c9-5-2-1-3-12-8(5)13-4-6(14)7(10)11/h1-3,6-7,14H,4H2,(H,12,13). The average Bonchev–Trinajstić information content (AvgIpc) is 2.16. The van der Waals surface area contributed by atoms with E-state index in [2.05, 4.69) is 26.2 Å². The van der Waals surface area contributed by atoms with Crippen LogP contribution in [0.1, 0.15) is 0 Å². The molecule has 1 unspecified atom stereocenters. The summed E-state index contributed by atoms with van der Waals surface area (Å²) in [7, 11) is 0. The Balaban J connectivity index is 2.50. The summed E-state index contributed by atoms with van der Waals surface area (Å²) < 4.78 is 24.5. The molecule has 1 heterocycles. The van der Waals surface area contributed by atoms with Crippen LogP contribution < -0.4 is 5.32 Å². The monoisotopic (exact) mass is 266 g/mol. The van der Waals surface area contributed by atoms with Gasteiger partial charge in [-0.2, -0.15) is 0 Å². The van der Waals surface area contributed by atoms with Crippen molar-refractivity contribution >= 4 is 21.7 Å². The van der Waals surface area contributed by atoms with E-state index in [9.17, 15) is 8.78 Å². The number of aromatic nitrogens is 1. The Hall–Kier alpha value is -0.750. The number of halogens is 3. The second kappa shape index (κ2) is 5.21.